The smallest absolute Gasteiger partial charge is 0.238 e. The molecule has 0 aromatic heterocycles. The molecule has 1 aromatic rings. The van der Waals surface area contributed by atoms with Crippen LogP contribution in [0.5, 0.6) is 0 Å². The van der Waals surface area contributed by atoms with Crippen LogP contribution in [0.3, 0.4) is 0 Å². The highest BCUT2D eigenvalue weighted by Crippen LogP contribution is 2.26. The van der Waals surface area contributed by atoms with E-state index >= 15 is 0 Å². The molecular weight excluding hydrogens is 300 g/mol. The number of sulfonamides is 1. The third-order valence-electron chi connectivity index (χ3n) is 3.10. The van der Waals surface area contributed by atoms with Gasteiger partial charge < -0.3 is 5.32 Å². The lowest BCUT2D eigenvalue weighted by molar-refractivity contribution is -0.116. The first kappa shape index (κ1) is 15.0. The van der Waals surface area contributed by atoms with E-state index in [1.165, 1.54) is 18.2 Å². The number of carbonyl (C=O) groups excluding carboxylic acids is 1. The van der Waals surface area contributed by atoms with E-state index < -0.39 is 10.0 Å². The molecule has 1 amide bonds. The van der Waals surface area contributed by atoms with E-state index in [-0.39, 0.29) is 27.4 Å². The Bertz CT molecular complexity index is 656. The quantitative estimate of drug-likeness (QED) is 0.835. The van der Waals surface area contributed by atoms with Gasteiger partial charge in [0.1, 0.15) is 0 Å². The molecular formula is C13H15ClN2O3S. The first-order valence-corrected chi connectivity index (χ1v) is 8.07. The molecule has 2 rings (SSSR count). The van der Waals surface area contributed by atoms with Crippen LogP contribution in [0.1, 0.15) is 19.3 Å². The van der Waals surface area contributed by atoms with Crippen LogP contribution in [0.2, 0.25) is 5.02 Å². The Hall–Kier alpha value is -1.37. The monoisotopic (exact) mass is 314 g/mol. The molecule has 0 fully saturated rings. The molecule has 20 heavy (non-hydrogen) atoms. The molecule has 108 valence electrons. The van der Waals surface area contributed by atoms with Gasteiger partial charge in [0, 0.05) is 6.42 Å². The zero-order chi connectivity index (χ0) is 14.8. The zero-order valence-electron chi connectivity index (χ0n) is 10.7. The van der Waals surface area contributed by atoms with Gasteiger partial charge in [-0.15, -0.1) is 0 Å². The van der Waals surface area contributed by atoms with Gasteiger partial charge in [-0.05, 0) is 37.0 Å². The summed E-state index contributed by atoms with van der Waals surface area (Å²) in [5.74, 6) is 0.0326. The van der Waals surface area contributed by atoms with Crippen molar-refractivity contribution in [2.24, 2.45) is 11.1 Å². The maximum atomic E-state index is 11.9. The van der Waals surface area contributed by atoms with Crippen molar-refractivity contribution in [3.05, 3.63) is 35.4 Å². The topological polar surface area (TPSA) is 89.3 Å². The van der Waals surface area contributed by atoms with Gasteiger partial charge in [0.25, 0.3) is 0 Å². The fraction of sp³-hybridized carbons (Fsp3) is 0.308. The van der Waals surface area contributed by atoms with E-state index in [2.05, 4.69) is 5.32 Å². The molecule has 0 heterocycles. The minimum absolute atomic E-state index is 0.0852. The van der Waals surface area contributed by atoms with Crippen LogP contribution in [-0.4, -0.2) is 14.3 Å². The van der Waals surface area contributed by atoms with Crippen molar-refractivity contribution in [3.8, 4) is 0 Å². The molecule has 0 saturated heterocycles. The highest BCUT2D eigenvalue weighted by atomic mass is 35.5. The number of halogens is 1. The van der Waals surface area contributed by atoms with Crippen molar-refractivity contribution in [1.82, 2.24) is 0 Å². The van der Waals surface area contributed by atoms with E-state index in [4.69, 9.17) is 16.7 Å². The summed E-state index contributed by atoms with van der Waals surface area (Å²) < 4.78 is 22.5. The van der Waals surface area contributed by atoms with Gasteiger partial charge >= 0.3 is 0 Å². The molecule has 7 heteroatoms. The first-order valence-electron chi connectivity index (χ1n) is 6.15. The van der Waals surface area contributed by atoms with E-state index in [9.17, 15) is 13.2 Å². The number of hydrogen-bond donors (Lipinski definition) is 2. The Balaban J connectivity index is 2.12. The minimum Gasteiger partial charge on any atom is -0.325 e. The highest BCUT2D eigenvalue weighted by molar-refractivity contribution is 7.89. The number of nitrogens with one attached hydrogen (secondary N) is 1. The van der Waals surface area contributed by atoms with Crippen LogP contribution in [0.4, 0.5) is 5.69 Å². The predicted octanol–water partition coefficient (Wildman–Crippen LogP) is 2.28. The maximum absolute atomic E-state index is 11.9. The first-order chi connectivity index (χ1) is 9.36. The van der Waals surface area contributed by atoms with Gasteiger partial charge in [-0.1, -0.05) is 23.8 Å². The van der Waals surface area contributed by atoms with Gasteiger partial charge in [0.15, 0.2) is 0 Å². The van der Waals surface area contributed by atoms with Gasteiger partial charge in [-0.2, -0.15) is 0 Å². The predicted molar refractivity (Wildman–Crippen MR) is 77.9 cm³/mol. The molecule has 0 saturated carbocycles. The van der Waals surface area contributed by atoms with Crippen LogP contribution in [0, 0.1) is 5.92 Å². The average Bonchev–Trinajstić information content (AvgIpc) is 2.83. The molecule has 0 spiro atoms. The highest BCUT2D eigenvalue weighted by Gasteiger charge is 2.16. The molecule has 1 aliphatic carbocycles. The Kier molecular flexibility index (Phi) is 4.47. The van der Waals surface area contributed by atoms with Crippen LogP contribution < -0.4 is 10.5 Å². The van der Waals surface area contributed by atoms with Gasteiger partial charge in [-0.25, -0.2) is 13.6 Å². The molecule has 0 radical (unpaired) electrons. The Morgan fingerprint density at radius 2 is 2.20 bits per heavy atom. The molecule has 0 bridgehead atoms. The minimum atomic E-state index is -3.82. The number of carbonyl (C=O) groups is 1. The summed E-state index contributed by atoms with van der Waals surface area (Å²) in [7, 11) is -3.82. The standard InChI is InChI=1S/C13H15ClN2O3S/c14-11-6-5-10(20(15,18)19)8-12(11)16-13(17)7-9-3-1-2-4-9/h1,3,5-6,8-9H,2,4,7H2,(H,16,17)(H2,15,18,19). The summed E-state index contributed by atoms with van der Waals surface area (Å²) in [5.41, 5.74) is 0.255. The summed E-state index contributed by atoms with van der Waals surface area (Å²) in [6, 6.07) is 3.96. The van der Waals surface area contributed by atoms with Crippen LogP contribution >= 0.6 is 11.6 Å². The Morgan fingerprint density at radius 1 is 1.45 bits per heavy atom. The second kappa shape index (κ2) is 5.95. The fourth-order valence-corrected chi connectivity index (χ4v) is 2.79. The van der Waals surface area contributed by atoms with Gasteiger partial charge in [0.2, 0.25) is 15.9 Å². The number of amides is 1. The number of benzene rings is 1. The SMILES string of the molecule is NS(=O)(=O)c1ccc(Cl)c(NC(=O)CC2C=CCC2)c1. The summed E-state index contributed by atoms with van der Waals surface area (Å²) in [6.07, 6.45) is 6.36. The van der Waals surface area contributed by atoms with Gasteiger partial charge in [-0.3, -0.25) is 4.79 Å². The average molecular weight is 315 g/mol. The number of allylic oxidation sites excluding steroid dienone is 2. The second-order valence-electron chi connectivity index (χ2n) is 4.70. The summed E-state index contributed by atoms with van der Waals surface area (Å²) in [5, 5.41) is 7.94. The summed E-state index contributed by atoms with van der Waals surface area (Å²) in [6.45, 7) is 0. The number of primary sulfonamides is 1. The summed E-state index contributed by atoms with van der Waals surface area (Å²) in [4.78, 5) is 11.8. The van der Waals surface area contributed by atoms with E-state index in [1.54, 1.807) is 0 Å². The number of anilines is 1. The molecule has 0 aliphatic heterocycles. The van der Waals surface area contributed by atoms with E-state index in [0.29, 0.717) is 6.42 Å². The van der Waals surface area contributed by atoms with Crippen LogP contribution in [-0.2, 0) is 14.8 Å². The molecule has 1 atom stereocenters. The lowest BCUT2D eigenvalue weighted by Gasteiger charge is -2.11. The van der Waals surface area contributed by atoms with Crippen LogP contribution in [0.15, 0.2) is 35.2 Å². The van der Waals surface area contributed by atoms with Gasteiger partial charge in [0.05, 0.1) is 15.6 Å². The largest absolute Gasteiger partial charge is 0.325 e. The van der Waals surface area contributed by atoms with Crippen molar-refractivity contribution in [3.63, 3.8) is 0 Å². The molecule has 5 nitrogen and oxygen atoms in total. The van der Waals surface area contributed by atoms with Crippen molar-refractivity contribution in [1.29, 1.82) is 0 Å². The van der Waals surface area contributed by atoms with E-state index in [1.807, 2.05) is 12.2 Å². The van der Waals surface area contributed by atoms with E-state index in [0.717, 1.165) is 12.8 Å². The summed E-state index contributed by atoms with van der Waals surface area (Å²) >= 11 is 5.94. The lowest BCUT2D eigenvalue weighted by atomic mass is 10.1. The number of nitrogens with two attached hydrogens (primary N) is 1. The molecule has 1 unspecified atom stereocenters. The lowest BCUT2D eigenvalue weighted by Crippen LogP contribution is -2.16. The van der Waals surface area contributed by atoms with Crippen molar-refractivity contribution in [2.45, 2.75) is 24.2 Å². The number of rotatable bonds is 4. The second-order valence-corrected chi connectivity index (χ2v) is 6.67. The fourth-order valence-electron chi connectivity index (χ4n) is 2.08. The molecule has 3 N–H and O–H groups in total. The normalized spacial score (nSPS) is 18.2. The molecule has 1 aliphatic rings. The molecule has 1 aromatic carbocycles. The van der Waals surface area contributed by atoms with Crippen molar-refractivity contribution >= 4 is 33.2 Å². The Morgan fingerprint density at radius 3 is 2.80 bits per heavy atom. The van der Waals surface area contributed by atoms with Crippen LogP contribution in [0.25, 0.3) is 0 Å². The Labute approximate surface area is 122 Å². The third-order valence-corrected chi connectivity index (χ3v) is 4.34. The van der Waals surface area contributed by atoms with Crippen molar-refractivity contribution < 1.29 is 13.2 Å². The zero-order valence-corrected chi connectivity index (χ0v) is 12.2. The third kappa shape index (κ3) is 3.82. The maximum Gasteiger partial charge on any atom is 0.238 e. The van der Waals surface area contributed by atoms with Crippen molar-refractivity contribution in [2.75, 3.05) is 5.32 Å². The number of hydrogen-bond acceptors (Lipinski definition) is 3.